The summed E-state index contributed by atoms with van der Waals surface area (Å²) in [5.74, 6) is -1.01. The number of amides is 2. The van der Waals surface area contributed by atoms with Gasteiger partial charge in [-0.3, -0.25) is 4.79 Å². The third-order valence-corrected chi connectivity index (χ3v) is 2.40. The average molecular weight is 306 g/mol. The lowest BCUT2D eigenvalue weighted by atomic mass is 10.1. The van der Waals surface area contributed by atoms with Gasteiger partial charge in [-0.15, -0.1) is 13.2 Å². The number of carbonyl (C=O) groups is 2. The summed E-state index contributed by atoms with van der Waals surface area (Å²) in [5, 5.41) is 10.7. The van der Waals surface area contributed by atoms with E-state index in [0.717, 1.165) is 12.1 Å². The summed E-state index contributed by atoms with van der Waals surface area (Å²) >= 11 is 0. The lowest BCUT2D eigenvalue weighted by Crippen LogP contribution is -2.39. The SMILES string of the molecule is CN(C)C(=O)C(NC(=O)O)c1ccc(OC(F)(F)F)cc1. The molecular weight excluding hydrogens is 293 g/mol. The Morgan fingerprint density at radius 1 is 1.24 bits per heavy atom. The van der Waals surface area contributed by atoms with Gasteiger partial charge in [0.15, 0.2) is 0 Å². The summed E-state index contributed by atoms with van der Waals surface area (Å²) in [6.45, 7) is 0. The summed E-state index contributed by atoms with van der Waals surface area (Å²) in [6.07, 6.45) is -6.24. The standard InChI is InChI=1S/C12H13F3N2O4/c1-17(2)10(18)9(16-11(19)20)7-3-5-8(6-4-7)21-12(13,14)15/h3-6,9,16H,1-2H3,(H,19,20). The maximum atomic E-state index is 12.0. The van der Waals surface area contributed by atoms with Crippen LogP contribution in [-0.2, 0) is 4.79 Å². The second-order valence-electron chi connectivity index (χ2n) is 4.23. The van der Waals surface area contributed by atoms with Gasteiger partial charge in [0.05, 0.1) is 0 Å². The van der Waals surface area contributed by atoms with Crippen LogP contribution in [0.25, 0.3) is 0 Å². The molecule has 0 aliphatic carbocycles. The van der Waals surface area contributed by atoms with Crippen LogP contribution in [0.5, 0.6) is 5.75 Å². The van der Waals surface area contributed by atoms with E-state index >= 15 is 0 Å². The van der Waals surface area contributed by atoms with Crippen molar-refractivity contribution in [1.29, 1.82) is 0 Å². The van der Waals surface area contributed by atoms with Crippen molar-refractivity contribution >= 4 is 12.0 Å². The zero-order valence-corrected chi connectivity index (χ0v) is 11.1. The Bertz CT molecular complexity index is 514. The number of nitrogens with zero attached hydrogens (tertiary/aromatic N) is 1. The number of benzene rings is 1. The third kappa shape index (κ3) is 5.21. The first-order chi connectivity index (χ1) is 9.60. The van der Waals surface area contributed by atoms with Crippen molar-refractivity contribution < 1.29 is 32.6 Å². The van der Waals surface area contributed by atoms with Gasteiger partial charge >= 0.3 is 12.5 Å². The number of likely N-dealkylation sites (N-methyl/N-ethyl adjacent to an activating group) is 1. The van der Waals surface area contributed by atoms with Crippen molar-refractivity contribution in [2.75, 3.05) is 14.1 Å². The number of hydrogen-bond acceptors (Lipinski definition) is 3. The molecule has 0 saturated heterocycles. The van der Waals surface area contributed by atoms with E-state index in [1.165, 1.54) is 31.1 Å². The van der Waals surface area contributed by atoms with E-state index in [0.29, 0.717) is 0 Å². The minimum Gasteiger partial charge on any atom is -0.465 e. The second kappa shape index (κ2) is 6.33. The molecule has 0 aromatic heterocycles. The zero-order valence-electron chi connectivity index (χ0n) is 11.1. The van der Waals surface area contributed by atoms with E-state index in [2.05, 4.69) is 4.74 Å². The smallest absolute Gasteiger partial charge is 0.465 e. The molecule has 2 N–H and O–H groups in total. The van der Waals surface area contributed by atoms with Crippen molar-refractivity contribution in [2.45, 2.75) is 12.4 Å². The van der Waals surface area contributed by atoms with Gasteiger partial charge in [-0.05, 0) is 17.7 Å². The normalized spacial score (nSPS) is 12.4. The quantitative estimate of drug-likeness (QED) is 0.891. The number of nitrogens with one attached hydrogen (secondary N) is 1. The molecule has 21 heavy (non-hydrogen) atoms. The Balaban J connectivity index is 2.98. The number of carboxylic acid groups (broad SMARTS) is 1. The molecule has 1 rings (SSSR count). The summed E-state index contributed by atoms with van der Waals surface area (Å²) in [5.41, 5.74) is 0.200. The molecule has 0 aliphatic heterocycles. The van der Waals surface area contributed by atoms with Crippen molar-refractivity contribution in [3.8, 4) is 5.75 Å². The highest BCUT2D eigenvalue weighted by Crippen LogP contribution is 2.24. The molecule has 0 aliphatic rings. The van der Waals surface area contributed by atoms with E-state index in [9.17, 15) is 22.8 Å². The third-order valence-electron chi connectivity index (χ3n) is 2.40. The highest BCUT2D eigenvalue weighted by atomic mass is 19.4. The summed E-state index contributed by atoms with van der Waals surface area (Å²) in [7, 11) is 2.86. The number of ether oxygens (including phenoxy) is 1. The Kier molecular flexibility index (Phi) is 5.01. The number of hydrogen-bond donors (Lipinski definition) is 2. The Morgan fingerprint density at radius 3 is 2.14 bits per heavy atom. The molecule has 116 valence electrons. The monoisotopic (exact) mass is 306 g/mol. The van der Waals surface area contributed by atoms with Gasteiger partial charge in [0, 0.05) is 14.1 Å². The topological polar surface area (TPSA) is 78.9 Å². The molecule has 2 amide bonds. The van der Waals surface area contributed by atoms with Crippen LogP contribution in [0.3, 0.4) is 0 Å². The number of alkyl halides is 3. The minimum absolute atomic E-state index is 0.200. The summed E-state index contributed by atoms with van der Waals surface area (Å²) in [4.78, 5) is 23.8. The van der Waals surface area contributed by atoms with E-state index in [-0.39, 0.29) is 5.56 Å². The first-order valence-corrected chi connectivity index (χ1v) is 5.66. The molecule has 0 fully saturated rings. The Morgan fingerprint density at radius 2 is 1.76 bits per heavy atom. The van der Waals surface area contributed by atoms with Crippen LogP contribution in [0, 0.1) is 0 Å². The molecule has 0 heterocycles. The van der Waals surface area contributed by atoms with Gasteiger partial charge in [0.1, 0.15) is 11.8 Å². The van der Waals surface area contributed by atoms with Crippen molar-refractivity contribution in [3.05, 3.63) is 29.8 Å². The molecule has 0 saturated carbocycles. The maximum Gasteiger partial charge on any atom is 0.573 e. The van der Waals surface area contributed by atoms with Gasteiger partial charge in [0.2, 0.25) is 5.91 Å². The van der Waals surface area contributed by atoms with Crippen LogP contribution < -0.4 is 10.1 Å². The predicted molar refractivity (Wildman–Crippen MR) is 65.7 cm³/mol. The average Bonchev–Trinajstić information content (AvgIpc) is 2.34. The highest BCUT2D eigenvalue weighted by molar-refractivity contribution is 5.86. The van der Waals surface area contributed by atoms with E-state index in [4.69, 9.17) is 5.11 Å². The molecule has 6 nitrogen and oxygen atoms in total. The largest absolute Gasteiger partial charge is 0.573 e. The van der Waals surface area contributed by atoms with Crippen LogP contribution in [0.1, 0.15) is 11.6 Å². The zero-order chi connectivity index (χ0) is 16.2. The van der Waals surface area contributed by atoms with Crippen LogP contribution in [0.15, 0.2) is 24.3 Å². The Labute approximate surface area is 118 Å². The molecule has 1 aromatic carbocycles. The highest BCUT2D eigenvalue weighted by Gasteiger charge is 2.31. The second-order valence-corrected chi connectivity index (χ2v) is 4.23. The lowest BCUT2D eigenvalue weighted by molar-refractivity contribution is -0.274. The van der Waals surface area contributed by atoms with Crippen molar-refractivity contribution in [1.82, 2.24) is 10.2 Å². The number of rotatable bonds is 4. The van der Waals surface area contributed by atoms with Crippen LogP contribution in [-0.4, -0.2) is 42.5 Å². The van der Waals surface area contributed by atoms with Crippen LogP contribution >= 0.6 is 0 Å². The molecule has 1 atom stereocenters. The van der Waals surface area contributed by atoms with Gasteiger partial charge in [-0.1, -0.05) is 12.1 Å². The summed E-state index contributed by atoms with van der Waals surface area (Å²) < 4.78 is 39.8. The van der Waals surface area contributed by atoms with Gasteiger partial charge in [-0.2, -0.15) is 0 Å². The molecule has 9 heteroatoms. The fraction of sp³-hybridized carbons (Fsp3) is 0.333. The molecular formula is C12H13F3N2O4. The fourth-order valence-corrected chi connectivity index (χ4v) is 1.53. The lowest BCUT2D eigenvalue weighted by Gasteiger charge is -2.21. The predicted octanol–water partition coefficient (Wildman–Crippen LogP) is 1.98. The number of halogens is 3. The van der Waals surface area contributed by atoms with E-state index in [1.807, 2.05) is 5.32 Å². The van der Waals surface area contributed by atoms with E-state index in [1.54, 1.807) is 0 Å². The van der Waals surface area contributed by atoms with Crippen molar-refractivity contribution in [3.63, 3.8) is 0 Å². The van der Waals surface area contributed by atoms with E-state index < -0.39 is 30.2 Å². The molecule has 0 spiro atoms. The van der Waals surface area contributed by atoms with Gasteiger partial charge < -0.3 is 20.1 Å². The van der Waals surface area contributed by atoms with Gasteiger partial charge in [0.25, 0.3) is 0 Å². The van der Waals surface area contributed by atoms with Crippen molar-refractivity contribution in [2.24, 2.45) is 0 Å². The maximum absolute atomic E-state index is 12.0. The Hall–Kier alpha value is -2.45. The van der Waals surface area contributed by atoms with Crippen LogP contribution in [0.4, 0.5) is 18.0 Å². The molecule has 0 radical (unpaired) electrons. The first-order valence-electron chi connectivity index (χ1n) is 5.66. The number of carbonyl (C=O) groups excluding carboxylic acids is 1. The molecule has 1 aromatic rings. The van der Waals surface area contributed by atoms with Crippen LogP contribution in [0.2, 0.25) is 0 Å². The minimum atomic E-state index is -4.82. The molecule has 0 bridgehead atoms. The summed E-state index contributed by atoms with van der Waals surface area (Å²) in [6, 6.07) is 3.16. The fourth-order valence-electron chi connectivity index (χ4n) is 1.53. The van der Waals surface area contributed by atoms with Gasteiger partial charge in [-0.25, -0.2) is 4.79 Å². The first kappa shape index (κ1) is 16.6. The molecule has 1 unspecified atom stereocenters.